The van der Waals surface area contributed by atoms with E-state index in [1.54, 1.807) is 18.4 Å². The maximum Gasteiger partial charge on any atom is 0.200 e. The van der Waals surface area contributed by atoms with Gasteiger partial charge in [0, 0.05) is 5.56 Å². The second-order valence-corrected chi connectivity index (χ2v) is 6.39. The van der Waals surface area contributed by atoms with Gasteiger partial charge in [-0.1, -0.05) is 48.6 Å². The number of allylic oxidation sites excluding steroid dienone is 5. The summed E-state index contributed by atoms with van der Waals surface area (Å²) in [7, 11) is 0. The van der Waals surface area contributed by atoms with Crippen LogP contribution in [-0.4, -0.2) is 0 Å². The van der Waals surface area contributed by atoms with Crippen molar-refractivity contribution in [3.05, 3.63) is 111 Å². The number of rotatable bonds is 3. The predicted octanol–water partition coefficient (Wildman–Crippen LogP) is 6.58. The molecule has 2 aromatic rings. The number of nitrogens with zero attached hydrogens (tertiary/aromatic N) is 1. The lowest BCUT2D eigenvalue weighted by molar-refractivity contribution is 0.370. The molecule has 0 unspecified atom stereocenters. The van der Waals surface area contributed by atoms with Gasteiger partial charge in [0.05, 0.1) is 0 Å². The molecular formula is C22H13F5N-. The Kier molecular flexibility index (Phi) is 4.63. The van der Waals surface area contributed by atoms with Crippen LogP contribution in [0.15, 0.2) is 59.8 Å². The molecule has 2 aromatic carbocycles. The Bertz CT molecular complexity index is 1060. The maximum absolute atomic E-state index is 13.9. The summed E-state index contributed by atoms with van der Waals surface area (Å²) >= 11 is 0. The fourth-order valence-electron chi connectivity index (χ4n) is 3.37. The van der Waals surface area contributed by atoms with Gasteiger partial charge in [-0.3, -0.25) is 0 Å². The van der Waals surface area contributed by atoms with Crippen molar-refractivity contribution in [3.63, 3.8) is 0 Å². The first-order valence-electron chi connectivity index (χ1n) is 8.58. The number of benzene rings is 2. The van der Waals surface area contributed by atoms with Crippen LogP contribution in [-0.2, 0) is 6.42 Å². The molecule has 0 radical (unpaired) electrons. The third-order valence-corrected chi connectivity index (χ3v) is 4.78. The molecule has 1 nitrogen and oxygen atoms in total. The lowest BCUT2D eigenvalue weighted by Gasteiger charge is -2.31. The van der Waals surface area contributed by atoms with E-state index < -0.39 is 34.6 Å². The highest BCUT2D eigenvalue weighted by atomic mass is 19.2. The first kappa shape index (κ1) is 18.2. The van der Waals surface area contributed by atoms with Crippen molar-refractivity contribution in [2.75, 3.05) is 0 Å². The minimum Gasteiger partial charge on any atom is -0.663 e. The van der Waals surface area contributed by atoms with Gasteiger partial charge in [-0.05, 0) is 35.1 Å². The average molecular weight is 386 g/mol. The summed E-state index contributed by atoms with van der Waals surface area (Å²) in [6.07, 6.45) is 8.66. The van der Waals surface area contributed by atoms with Crippen LogP contribution in [0.2, 0.25) is 0 Å². The summed E-state index contributed by atoms with van der Waals surface area (Å²) in [5.74, 6) is -9.56. The van der Waals surface area contributed by atoms with E-state index >= 15 is 0 Å². The van der Waals surface area contributed by atoms with Crippen molar-refractivity contribution in [2.45, 2.75) is 12.8 Å². The van der Waals surface area contributed by atoms with E-state index in [2.05, 4.69) is 5.32 Å². The quantitative estimate of drug-likeness (QED) is 0.321. The normalized spacial score (nSPS) is 17.5. The van der Waals surface area contributed by atoms with Crippen molar-refractivity contribution < 1.29 is 22.0 Å². The van der Waals surface area contributed by atoms with Crippen LogP contribution in [0.25, 0.3) is 17.1 Å². The minimum atomic E-state index is -2.15. The Hall–Kier alpha value is -3.15. The molecule has 1 aliphatic heterocycles. The maximum atomic E-state index is 13.9. The highest BCUT2D eigenvalue weighted by Gasteiger charge is 2.25. The molecule has 0 amide bonds. The average Bonchev–Trinajstić information content (AvgIpc) is 3.18. The summed E-state index contributed by atoms with van der Waals surface area (Å²) in [4.78, 5) is 0. The van der Waals surface area contributed by atoms with Gasteiger partial charge in [0.25, 0.3) is 0 Å². The van der Waals surface area contributed by atoms with Crippen molar-refractivity contribution in [3.8, 4) is 0 Å². The molecule has 28 heavy (non-hydrogen) atoms. The van der Waals surface area contributed by atoms with Crippen LogP contribution in [0.5, 0.6) is 0 Å². The molecule has 1 aliphatic carbocycles. The summed E-state index contributed by atoms with van der Waals surface area (Å²) in [6, 6.07) is 7.64. The highest BCUT2D eigenvalue weighted by Crippen LogP contribution is 2.38. The third-order valence-electron chi connectivity index (χ3n) is 4.78. The van der Waals surface area contributed by atoms with Crippen molar-refractivity contribution in [1.29, 1.82) is 0 Å². The standard InChI is InChI=1S/C22H13F5N/c23-17-16(18(24)20(26)21(27)19(17)25)9-8-12-5-3-7-15(12)22-14-6-2-1-4-13(14)10-11-28-22/h1-7,10-11H,8-9H2/q-1/b22-15+. The second kappa shape index (κ2) is 7.11. The van der Waals surface area contributed by atoms with Gasteiger partial charge in [0.1, 0.15) is 0 Å². The Balaban J connectivity index is 1.66. The van der Waals surface area contributed by atoms with Crippen LogP contribution < -0.4 is 0 Å². The highest BCUT2D eigenvalue weighted by molar-refractivity contribution is 5.91. The Morgan fingerprint density at radius 3 is 2.18 bits per heavy atom. The molecule has 0 spiro atoms. The van der Waals surface area contributed by atoms with E-state index in [1.165, 1.54) is 0 Å². The van der Waals surface area contributed by atoms with E-state index in [1.807, 2.05) is 36.4 Å². The Labute approximate surface area is 158 Å². The van der Waals surface area contributed by atoms with Gasteiger partial charge >= 0.3 is 0 Å². The zero-order chi connectivity index (χ0) is 19.8. The third kappa shape index (κ3) is 2.95. The lowest BCUT2D eigenvalue weighted by atomic mass is 9.93. The molecule has 0 bridgehead atoms. The molecule has 1 heterocycles. The smallest absolute Gasteiger partial charge is 0.200 e. The first-order chi connectivity index (χ1) is 13.5. The number of fused-ring (bicyclic) bond motifs is 1. The largest absolute Gasteiger partial charge is 0.663 e. The lowest BCUT2D eigenvalue weighted by Crippen LogP contribution is -2.08. The number of halogens is 5. The monoisotopic (exact) mass is 386 g/mol. The van der Waals surface area contributed by atoms with Gasteiger partial charge in [0.2, 0.25) is 5.82 Å². The summed E-state index contributed by atoms with van der Waals surface area (Å²) < 4.78 is 67.9. The van der Waals surface area contributed by atoms with Crippen molar-refractivity contribution in [1.82, 2.24) is 0 Å². The molecule has 0 atom stereocenters. The SMILES string of the molecule is Fc1c(F)c(F)c(CCC2=CC=C/C2=C2\[N-]C=Cc3ccccc32)c(F)c1F. The molecule has 0 N–H and O–H groups in total. The number of hydrogen-bond acceptors (Lipinski definition) is 0. The van der Waals surface area contributed by atoms with Crippen molar-refractivity contribution >= 4 is 11.8 Å². The molecule has 142 valence electrons. The molecule has 0 saturated heterocycles. The van der Waals surface area contributed by atoms with E-state index in [4.69, 9.17) is 0 Å². The zero-order valence-corrected chi connectivity index (χ0v) is 14.4. The van der Waals surface area contributed by atoms with Crippen molar-refractivity contribution in [2.24, 2.45) is 0 Å². The molecule has 0 aromatic heterocycles. The molecule has 4 rings (SSSR count). The van der Waals surface area contributed by atoms with Crippen LogP contribution in [0.3, 0.4) is 0 Å². The van der Waals surface area contributed by atoms with E-state index in [0.717, 1.165) is 16.7 Å². The minimum absolute atomic E-state index is 0.103. The molecular weight excluding hydrogens is 373 g/mol. The van der Waals surface area contributed by atoms with Gasteiger partial charge in [-0.15, -0.1) is 5.70 Å². The predicted molar refractivity (Wildman–Crippen MR) is 97.5 cm³/mol. The first-order valence-corrected chi connectivity index (χ1v) is 8.58. The van der Waals surface area contributed by atoms with Crippen LogP contribution in [0, 0.1) is 29.1 Å². The number of hydrogen-bond donors (Lipinski definition) is 0. The zero-order valence-electron chi connectivity index (χ0n) is 14.4. The van der Waals surface area contributed by atoms with Gasteiger partial charge < -0.3 is 5.32 Å². The molecule has 0 fully saturated rings. The topological polar surface area (TPSA) is 14.1 Å². The summed E-state index contributed by atoms with van der Waals surface area (Å²) in [5, 5.41) is 4.42. The summed E-state index contributed by atoms with van der Waals surface area (Å²) in [6.45, 7) is 0. The fourth-order valence-corrected chi connectivity index (χ4v) is 3.37. The van der Waals surface area contributed by atoms with Gasteiger partial charge in [-0.2, -0.15) is 6.20 Å². The van der Waals surface area contributed by atoms with Crippen LogP contribution in [0.1, 0.15) is 23.1 Å². The summed E-state index contributed by atoms with van der Waals surface area (Å²) in [5.41, 5.74) is 3.27. The Morgan fingerprint density at radius 1 is 0.750 bits per heavy atom. The van der Waals surface area contributed by atoms with Crippen LogP contribution in [0.4, 0.5) is 22.0 Å². The van der Waals surface area contributed by atoms with Crippen LogP contribution >= 0.6 is 0 Å². The van der Waals surface area contributed by atoms with E-state index in [-0.39, 0.29) is 12.8 Å². The van der Waals surface area contributed by atoms with Gasteiger partial charge in [0.15, 0.2) is 23.3 Å². The second-order valence-electron chi connectivity index (χ2n) is 6.39. The fraction of sp³-hybridized carbons (Fsp3) is 0.0909. The molecule has 0 saturated carbocycles. The van der Waals surface area contributed by atoms with E-state index in [9.17, 15) is 22.0 Å². The van der Waals surface area contributed by atoms with E-state index in [0.29, 0.717) is 11.3 Å². The van der Waals surface area contributed by atoms with Gasteiger partial charge in [-0.25, -0.2) is 22.0 Å². The molecule has 6 heteroatoms. The molecule has 2 aliphatic rings. The Morgan fingerprint density at radius 2 is 1.43 bits per heavy atom.